The number of esters is 1. The normalized spacial score (nSPS) is 15.0. The fourth-order valence-corrected chi connectivity index (χ4v) is 5.89. The van der Waals surface area contributed by atoms with E-state index in [9.17, 15) is 14.0 Å². The van der Waals surface area contributed by atoms with E-state index in [1.165, 1.54) is 28.0 Å². The van der Waals surface area contributed by atoms with Gasteiger partial charge in [-0.25, -0.2) is 14.2 Å². The standard InChI is InChI=1S/C30H23Cl2FN2O4S/c1-3-38-29(37)26-17(2)34-30-35(27(26)22-6-4-5-7-23(22)32)28(36)25(40-30)15-19-14-20(31)10-13-24(19)39-16-18-8-11-21(33)12-9-18/h4-15,27H,3,16H2,1-2H3/b25-15-/t27-/m0/s1. The van der Waals surface area contributed by atoms with E-state index in [4.69, 9.17) is 32.7 Å². The SMILES string of the molecule is CCOC(=O)C1=C(C)N=c2s/c(=C\c3cc(Cl)ccc3OCc3ccc(F)cc3)c(=O)n2[C@H]1c1ccccc1Cl. The number of fused-ring (bicyclic) bond motifs is 1. The molecule has 1 aromatic heterocycles. The maximum Gasteiger partial charge on any atom is 0.338 e. The monoisotopic (exact) mass is 596 g/mol. The van der Waals surface area contributed by atoms with Crippen LogP contribution in [0.15, 0.2) is 87.8 Å². The van der Waals surface area contributed by atoms with Crippen LogP contribution in [0.2, 0.25) is 10.0 Å². The highest BCUT2D eigenvalue weighted by Gasteiger charge is 2.34. The van der Waals surface area contributed by atoms with Crippen molar-refractivity contribution in [1.82, 2.24) is 4.57 Å². The van der Waals surface area contributed by atoms with E-state index in [1.54, 1.807) is 74.5 Å². The number of thiazole rings is 1. The zero-order valence-corrected chi connectivity index (χ0v) is 23.8. The van der Waals surface area contributed by atoms with E-state index in [0.29, 0.717) is 42.0 Å². The van der Waals surface area contributed by atoms with Gasteiger partial charge in [0.2, 0.25) is 0 Å². The van der Waals surface area contributed by atoms with Gasteiger partial charge in [-0.2, -0.15) is 0 Å². The van der Waals surface area contributed by atoms with Crippen molar-refractivity contribution in [3.8, 4) is 5.75 Å². The Morgan fingerprint density at radius 2 is 1.88 bits per heavy atom. The summed E-state index contributed by atoms with van der Waals surface area (Å²) in [6.07, 6.45) is 1.68. The lowest BCUT2D eigenvalue weighted by Crippen LogP contribution is -2.40. The Kier molecular flexibility index (Phi) is 8.21. The highest BCUT2D eigenvalue weighted by Crippen LogP contribution is 2.34. The second-order valence-electron chi connectivity index (χ2n) is 8.92. The number of carbonyl (C=O) groups is 1. The van der Waals surface area contributed by atoms with Crippen LogP contribution in [-0.4, -0.2) is 17.1 Å². The minimum Gasteiger partial charge on any atom is -0.488 e. The van der Waals surface area contributed by atoms with Crippen molar-refractivity contribution < 1.29 is 18.7 Å². The fourth-order valence-electron chi connectivity index (χ4n) is 4.43. The van der Waals surface area contributed by atoms with Gasteiger partial charge in [-0.15, -0.1) is 0 Å². The van der Waals surface area contributed by atoms with E-state index in [-0.39, 0.29) is 30.2 Å². The summed E-state index contributed by atoms with van der Waals surface area (Å²) < 4.78 is 26.5. The average Bonchev–Trinajstić information content (AvgIpc) is 3.23. The molecule has 10 heteroatoms. The molecule has 0 saturated carbocycles. The topological polar surface area (TPSA) is 69.9 Å². The minimum absolute atomic E-state index is 0.171. The number of halogens is 3. The van der Waals surface area contributed by atoms with Crippen molar-refractivity contribution in [2.75, 3.05) is 6.61 Å². The molecular formula is C30H23Cl2FN2O4S. The number of carbonyl (C=O) groups excluding carboxylic acids is 1. The second-order valence-corrected chi connectivity index (χ2v) is 10.8. The molecule has 1 aliphatic rings. The minimum atomic E-state index is -0.820. The van der Waals surface area contributed by atoms with Gasteiger partial charge >= 0.3 is 5.97 Å². The highest BCUT2D eigenvalue weighted by molar-refractivity contribution is 7.07. The Morgan fingerprint density at radius 3 is 2.60 bits per heavy atom. The Labute approximate surface area is 243 Å². The van der Waals surface area contributed by atoms with Crippen LogP contribution in [0.5, 0.6) is 5.75 Å². The van der Waals surface area contributed by atoms with Gasteiger partial charge in [-0.3, -0.25) is 9.36 Å². The number of hydrogen-bond acceptors (Lipinski definition) is 6. The van der Waals surface area contributed by atoms with Crippen LogP contribution < -0.4 is 19.6 Å². The molecule has 1 atom stereocenters. The number of benzene rings is 3. The number of allylic oxidation sites excluding steroid dienone is 1. The maximum absolute atomic E-state index is 13.9. The van der Waals surface area contributed by atoms with E-state index in [2.05, 4.69) is 4.99 Å². The van der Waals surface area contributed by atoms with Gasteiger partial charge in [0.1, 0.15) is 24.2 Å². The Hall–Kier alpha value is -3.72. The summed E-state index contributed by atoms with van der Waals surface area (Å²) in [6, 6.07) is 17.4. The van der Waals surface area contributed by atoms with Crippen molar-refractivity contribution in [3.05, 3.63) is 130 Å². The Bertz CT molecular complexity index is 1810. The molecule has 0 aliphatic carbocycles. The molecule has 6 nitrogen and oxygen atoms in total. The molecule has 0 spiro atoms. The molecular weight excluding hydrogens is 574 g/mol. The van der Waals surface area contributed by atoms with Gasteiger partial charge in [0.25, 0.3) is 5.56 Å². The fraction of sp³-hybridized carbons (Fsp3) is 0.167. The van der Waals surface area contributed by atoms with Crippen LogP contribution in [0.1, 0.15) is 36.6 Å². The molecule has 0 fully saturated rings. The van der Waals surface area contributed by atoms with Crippen molar-refractivity contribution in [3.63, 3.8) is 0 Å². The number of aromatic nitrogens is 1. The number of hydrogen-bond donors (Lipinski definition) is 0. The number of ether oxygens (including phenoxy) is 2. The van der Waals surface area contributed by atoms with Crippen molar-refractivity contribution in [1.29, 1.82) is 0 Å². The lowest BCUT2D eigenvalue weighted by molar-refractivity contribution is -0.139. The highest BCUT2D eigenvalue weighted by atomic mass is 35.5. The quantitative estimate of drug-likeness (QED) is 0.252. The lowest BCUT2D eigenvalue weighted by atomic mass is 9.96. The molecule has 0 radical (unpaired) electrons. The lowest BCUT2D eigenvalue weighted by Gasteiger charge is -2.25. The molecule has 2 heterocycles. The van der Waals surface area contributed by atoms with Crippen LogP contribution in [0.3, 0.4) is 0 Å². The van der Waals surface area contributed by atoms with E-state index < -0.39 is 12.0 Å². The molecule has 0 unspecified atom stereocenters. The summed E-state index contributed by atoms with van der Waals surface area (Å²) >= 11 is 14.0. The molecule has 204 valence electrons. The molecule has 40 heavy (non-hydrogen) atoms. The number of rotatable bonds is 7. The Morgan fingerprint density at radius 1 is 1.12 bits per heavy atom. The van der Waals surface area contributed by atoms with Crippen LogP contribution >= 0.6 is 34.5 Å². The zero-order chi connectivity index (χ0) is 28.4. The first-order valence-electron chi connectivity index (χ1n) is 12.4. The molecule has 3 aromatic carbocycles. The van der Waals surface area contributed by atoms with Crippen LogP contribution in [0.25, 0.3) is 6.08 Å². The molecule has 5 rings (SSSR count). The van der Waals surface area contributed by atoms with Gasteiger partial charge in [0, 0.05) is 15.6 Å². The summed E-state index contributed by atoms with van der Waals surface area (Å²) in [7, 11) is 0. The molecule has 0 saturated heterocycles. The van der Waals surface area contributed by atoms with E-state index >= 15 is 0 Å². The molecule has 4 aromatic rings. The first-order valence-corrected chi connectivity index (χ1v) is 13.9. The summed E-state index contributed by atoms with van der Waals surface area (Å²) in [6.45, 7) is 3.79. The number of nitrogens with zero attached hydrogens (tertiary/aromatic N) is 2. The maximum atomic E-state index is 13.9. The van der Waals surface area contributed by atoms with Crippen LogP contribution in [-0.2, 0) is 16.1 Å². The van der Waals surface area contributed by atoms with E-state index in [1.807, 2.05) is 0 Å². The van der Waals surface area contributed by atoms with Crippen LogP contribution in [0.4, 0.5) is 4.39 Å². The summed E-state index contributed by atoms with van der Waals surface area (Å²) in [4.78, 5) is 32.0. The summed E-state index contributed by atoms with van der Waals surface area (Å²) in [5, 5.41) is 0.868. The average molecular weight is 597 g/mol. The first-order chi connectivity index (χ1) is 19.3. The zero-order valence-electron chi connectivity index (χ0n) is 21.5. The summed E-state index contributed by atoms with van der Waals surface area (Å²) in [5.74, 6) is -0.400. The van der Waals surface area contributed by atoms with Crippen molar-refractivity contribution in [2.45, 2.75) is 26.5 Å². The van der Waals surface area contributed by atoms with Gasteiger partial charge in [0.05, 0.1) is 22.4 Å². The van der Waals surface area contributed by atoms with Crippen molar-refractivity contribution in [2.24, 2.45) is 4.99 Å². The first kappa shape index (κ1) is 27.8. The third-order valence-corrected chi connectivity index (χ3v) is 7.85. The van der Waals surface area contributed by atoms with Gasteiger partial charge < -0.3 is 9.47 Å². The summed E-state index contributed by atoms with van der Waals surface area (Å²) in [5.41, 5.74) is 2.29. The second kappa shape index (κ2) is 11.8. The van der Waals surface area contributed by atoms with Crippen LogP contribution in [0, 0.1) is 5.82 Å². The molecule has 0 bridgehead atoms. The largest absolute Gasteiger partial charge is 0.488 e. The molecule has 0 amide bonds. The van der Waals surface area contributed by atoms with Gasteiger partial charge in [0.15, 0.2) is 4.80 Å². The molecule has 0 N–H and O–H groups in total. The Balaban J connectivity index is 1.63. The van der Waals surface area contributed by atoms with E-state index in [0.717, 1.165) is 5.56 Å². The predicted octanol–water partition coefficient (Wildman–Crippen LogP) is 5.82. The smallest absolute Gasteiger partial charge is 0.338 e. The molecule has 1 aliphatic heterocycles. The van der Waals surface area contributed by atoms with Gasteiger partial charge in [-0.05, 0) is 67.4 Å². The van der Waals surface area contributed by atoms with Gasteiger partial charge in [-0.1, -0.05) is 64.9 Å². The third kappa shape index (κ3) is 5.61. The predicted molar refractivity (Wildman–Crippen MR) is 154 cm³/mol. The third-order valence-electron chi connectivity index (χ3n) is 6.28. The van der Waals surface area contributed by atoms with Crippen molar-refractivity contribution >= 4 is 46.6 Å².